The molecule has 6 nitrogen and oxygen atoms in total. The molecule has 0 amide bonds. The van der Waals surface area contributed by atoms with Crippen LogP contribution < -0.4 is 0 Å². The first kappa shape index (κ1) is 35.2. The summed E-state index contributed by atoms with van der Waals surface area (Å²) in [5.41, 5.74) is -3.74. The molecule has 44 heavy (non-hydrogen) atoms. The molecule has 0 saturated carbocycles. The maximum atomic E-state index is 13.0. The van der Waals surface area contributed by atoms with Crippen LogP contribution in [-0.4, -0.2) is 43.2 Å². The zero-order valence-electron chi connectivity index (χ0n) is 24.2. The van der Waals surface area contributed by atoms with E-state index in [0.717, 1.165) is 23.6 Å². The molecule has 0 fully saturated rings. The first-order valence-corrected chi connectivity index (χ1v) is 15.5. The highest BCUT2D eigenvalue weighted by Crippen LogP contribution is 2.41. The molecule has 2 heterocycles. The van der Waals surface area contributed by atoms with Gasteiger partial charge in [0.1, 0.15) is 11.2 Å². The third-order valence-electron chi connectivity index (χ3n) is 6.66. The van der Waals surface area contributed by atoms with E-state index in [9.17, 15) is 36.6 Å². The number of aliphatic hydroxyl groups is 2. The largest absolute Gasteiger partial charge is 0.407 e. The molecule has 2 atom stereocenters. The van der Waals surface area contributed by atoms with E-state index in [1.807, 2.05) is 13.8 Å². The summed E-state index contributed by atoms with van der Waals surface area (Å²) < 4.78 is 77.8. The number of rotatable bonds is 8. The van der Waals surface area contributed by atoms with Gasteiger partial charge in [-0.05, 0) is 72.5 Å². The fourth-order valence-corrected chi connectivity index (χ4v) is 5.83. The van der Waals surface area contributed by atoms with E-state index in [2.05, 4.69) is 19.7 Å². The van der Waals surface area contributed by atoms with Crippen LogP contribution in [-0.2, 0) is 23.6 Å². The predicted molar refractivity (Wildman–Crippen MR) is 164 cm³/mol. The van der Waals surface area contributed by atoms with Crippen LogP contribution in [0.2, 0.25) is 0 Å². The second-order valence-corrected chi connectivity index (χ2v) is 12.9. The fraction of sp³-hybridized carbons (Fsp3) is 0.400. The van der Waals surface area contributed by atoms with Crippen molar-refractivity contribution in [1.82, 2.24) is 9.97 Å². The minimum absolute atomic E-state index is 0.261. The second kappa shape index (κ2) is 13.4. The van der Waals surface area contributed by atoms with Gasteiger partial charge in [-0.15, -0.1) is 0 Å². The fourth-order valence-electron chi connectivity index (χ4n) is 4.31. The lowest BCUT2D eigenvalue weighted by Gasteiger charge is -2.21. The van der Waals surface area contributed by atoms with Gasteiger partial charge >= 0.3 is 12.4 Å². The summed E-state index contributed by atoms with van der Waals surface area (Å²) in [5.74, 6) is 2.52. The SMILES string of the molecule is [C-]#[N+]c1cc2cc(C(C)(O)CSCC)[nH]c2cc1C(F)(F)F.[C-]#[N+]c1cc2cc(C(C)(O)CSCC)[nH]c2cc1C(F)(F)F. The Bertz CT molecular complexity index is 1580. The molecule has 0 aliphatic rings. The third-order valence-corrected chi connectivity index (χ3v) is 9.01. The summed E-state index contributed by atoms with van der Waals surface area (Å²) in [6.07, 6.45) is -9.17. The summed E-state index contributed by atoms with van der Waals surface area (Å²) in [5, 5.41) is 21.8. The molecule has 0 aliphatic carbocycles. The van der Waals surface area contributed by atoms with E-state index in [-0.39, 0.29) is 11.0 Å². The Balaban J connectivity index is 0.000000240. The third kappa shape index (κ3) is 8.04. The molecule has 0 radical (unpaired) electrons. The number of hydrogen-bond donors (Lipinski definition) is 4. The van der Waals surface area contributed by atoms with Crippen LogP contribution in [0.5, 0.6) is 0 Å². The minimum atomic E-state index is -4.58. The number of nitrogens with zero attached hydrogens (tertiary/aromatic N) is 2. The summed E-state index contributed by atoms with van der Waals surface area (Å²) in [7, 11) is 0. The molecule has 0 aliphatic heterocycles. The Morgan fingerprint density at radius 1 is 0.659 bits per heavy atom. The lowest BCUT2D eigenvalue weighted by Crippen LogP contribution is -2.24. The summed E-state index contributed by atoms with van der Waals surface area (Å²) >= 11 is 3.07. The molecule has 4 aromatic rings. The van der Waals surface area contributed by atoms with Crippen molar-refractivity contribution in [2.24, 2.45) is 0 Å². The van der Waals surface area contributed by atoms with Crippen LogP contribution in [0.15, 0.2) is 36.4 Å². The summed E-state index contributed by atoms with van der Waals surface area (Å²) in [4.78, 5) is 11.6. The summed E-state index contributed by atoms with van der Waals surface area (Å²) in [6, 6.07) is 7.45. The molecule has 0 spiro atoms. The van der Waals surface area contributed by atoms with Gasteiger partial charge in [0.25, 0.3) is 0 Å². The van der Waals surface area contributed by atoms with Crippen LogP contribution in [0.1, 0.15) is 50.2 Å². The molecule has 4 rings (SSSR count). The zero-order chi connectivity index (χ0) is 33.1. The van der Waals surface area contributed by atoms with Crippen molar-refractivity contribution in [2.75, 3.05) is 23.0 Å². The minimum Gasteiger partial charge on any atom is -0.383 e. The Morgan fingerprint density at radius 3 is 1.27 bits per heavy atom. The normalized spacial score (nSPS) is 14.8. The number of nitrogens with one attached hydrogen (secondary N) is 2. The van der Waals surface area contributed by atoms with Crippen molar-refractivity contribution in [3.63, 3.8) is 0 Å². The van der Waals surface area contributed by atoms with Crippen molar-refractivity contribution in [3.05, 3.63) is 81.7 Å². The topological polar surface area (TPSA) is 80.8 Å². The molecule has 2 aromatic carbocycles. The van der Waals surface area contributed by atoms with E-state index in [4.69, 9.17) is 13.1 Å². The smallest absolute Gasteiger partial charge is 0.383 e. The number of hydrogen-bond acceptors (Lipinski definition) is 4. The first-order valence-electron chi connectivity index (χ1n) is 13.2. The van der Waals surface area contributed by atoms with Crippen LogP contribution in [0.4, 0.5) is 37.7 Å². The molecule has 2 aromatic heterocycles. The highest BCUT2D eigenvalue weighted by Gasteiger charge is 2.35. The highest BCUT2D eigenvalue weighted by molar-refractivity contribution is 7.99. The number of fused-ring (bicyclic) bond motifs is 2. The van der Waals surface area contributed by atoms with Gasteiger partial charge in [-0.1, -0.05) is 13.8 Å². The zero-order valence-corrected chi connectivity index (χ0v) is 25.8. The Kier molecular flexibility index (Phi) is 10.7. The maximum absolute atomic E-state index is 13.0. The van der Waals surface area contributed by atoms with E-state index in [1.165, 1.54) is 35.7 Å². The van der Waals surface area contributed by atoms with E-state index < -0.39 is 46.1 Å². The van der Waals surface area contributed by atoms with Crippen molar-refractivity contribution in [2.45, 2.75) is 51.2 Å². The summed E-state index contributed by atoms with van der Waals surface area (Å²) in [6.45, 7) is 21.0. The first-order chi connectivity index (χ1) is 20.4. The highest BCUT2D eigenvalue weighted by atomic mass is 32.2. The van der Waals surface area contributed by atoms with E-state index in [0.29, 0.717) is 33.7 Å². The Morgan fingerprint density at radius 2 is 1.00 bits per heavy atom. The van der Waals surface area contributed by atoms with Gasteiger partial charge in [-0.2, -0.15) is 49.9 Å². The van der Waals surface area contributed by atoms with Crippen molar-refractivity contribution in [3.8, 4) is 0 Å². The molecule has 0 saturated heterocycles. The van der Waals surface area contributed by atoms with Gasteiger partial charge in [0.05, 0.1) is 24.3 Å². The van der Waals surface area contributed by atoms with Crippen LogP contribution in [0, 0.1) is 13.1 Å². The van der Waals surface area contributed by atoms with Crippen LogP contribution in [0.25, 0.3) is 31.5 Å². The molecule has 4 N–H and O–H groups in total. The van der Waals surface area contributed by atoms with E-state index in [1.54, 1.807) is 26.0 Å². The predicted octanol–water partition coefficient (Wildman–Crippen LogP) is 9.40. The molecule has 0 bridgehead atoms. The van der Waals surface area contributed by atoms with Gasteiger partial charge in [0, 0.05) is 33.9 Å². The number of aromatic nitrogens is 2. The molecule has 236 valence electrons. The van der Waals surface area contributed by atoms with Crippen molar-refractivity contribution >= 4 is 56.7 Å². The van der Waals surface area contributed by atoms with Crippen molar-refractivity contribution < 1.29 is 36.6 Å². The number of alkyl halides is 6. The number of H-pyrrole nitrogens is 2. The average molecular weight is 657 g/mol. The molecular formula is C30H30F6N4O2S2. The molecule has 2 unspecified atom stereocenters. The van der Waals surface area contributed by atoms with Crippen LogP contribution >= 0.6 is 23.5 Å². The van der Waals surface area contributed by atoms with Gasteiger partial charge in [-0.3, -0.25) is 0 Å². The quantitative estimate of drug-likeness (QED) is 0.113. The van der Waals surface area contributed by atoms with Gasteiger partial charge < -0.3 is 20.2 Å². The average Bonchev–Trinajstić information content (AvgIpc) is 3.57. The maximum Gasteiger partial charge on any atom is 0.407 e. The lowest BCUT2D eigenvalue weighted by molar-refractivity contribution is -0.137. The number of aromatic amines is 2. The van der Waals surface area contributed by atoms with Gasteiger partial charge in [0.2, 0.25) is 0 Å². The Hall–Kier alpha value is -3.30. The molecule has 14 heteroatoms. The number of thioether (sulfide) groups is 2. The lowest BCUT2D eigenvalue weighted by atomic mass is 10.1. The van der Waals surface area contributed by atoms with E-state index >= 15 is 0 Å². The number of halogens is 6. The Labute approximate surface area is 258 Å². The monoisotopic (exact) mass is 656 g/mol. The molecular weight excluding hydrogens is 626 g/mol. The standard InChI is InChI=1S/2C15H15F3N2OS/c2*1-4-22-8-14(2,21)13-6-9-5-12(19-3)10(15(16,17)18)7-11(9)20-13/h2*5-7,20-21H,4,8H2,1-2H3. The number of benzene rings is 2. The van der Waals surface area contributed by atoms with Gasteiger partial charge in [-0.25, -0.2) is 9.69 Å². The van der Waals surface area contributed by atoms with Crippen LogP contribution in [0.3, 0.4) is 0 Å². The van der Waals surface area contributed by atoms with Gasteiger partial charge in [0.15, 0.2) is 11.4 Å². The second-order valence-electron chi connectivity index (χ2n) is 10.3. The van der Waals surface area contributed by atoms with Crippen molar-refractivity contribution in [1.29, 1.82) is 0 Å².